The molecule has 5 fully saturated rings. The summed E-state index contributed by atoms with van der Waals surface area (Å²) in [6, 6.07) is -0.246. The van der Waals surface area contributed by atoms with E-state index in [2.05, 4.69) is 10.0 Å². The largest absolute Gasteiger partial charge is 0.394 e. The number of hydrogen-bond donors (Lipinski definition) is 13. The van der Waals surface area contributed by atoms with Gasteiger partial charge >= 0.3 is 0 Å². The van der Waals surface area contributed by atoms with Crippen LogP contribution >= 0.6 is 0 Å². The highest BCUT2D eigenvalue weighted by molar-refractivity contribution is 4.98. The monoisotopic (exact) mass is 789 g/mol. The predicted octanol–water partition coefficient (Wildman–Crippen LogP) is -7.10. The van der Waals surface area contributed by atoms with Gasteiger partial charge in [-0.05, 0) is 31.2 Å². The number of nitrogens with zero attached hydrogens (tertiary/aromatic N) is 3. The number of aliphatic hydroxyl groups excluding tert-OH is 13. The molecule has 0 bridgehead atoms. The van der Waals surface area contributed by atoms with Crippen LogP contribution in [-0.4, -0.2) is 228 Å². The third kappa shape index (κ3) is 9.26. The van der Waals surface area contributed by atoms with Gasteiger partial charge in [-0.3, -0.25) is 0 Å². The average Bonchev–Trinajstić information content (AvgIpc) is 3.17. The van der Waals surface area contributed by atoms with Gasteiger partial charge in [0.1, 0.15) is 97.7 Å². The van der Waals surface area contributed by atoms with E-state index in [0.717, 1.165) is 0 Å². The third-order valence-corrected chi connectivity index (χ3v) is 10.4. The van der Waals surface area contributed by atoms with Gasteiger partial charge in [0.15, 0.2) is 25.2 Å². The number of aliphatic hydroxyl groups is 13. The zero-order valence-corrected chi connectivity index (χ0v) is 28.8. The SMILES string of the molecule is [N-]=[N+]=NC1CCC(O[C@@H]2OC(CO)[C@@H](O)[C@H](O[C@H]3OC(CO)[C@@H](O)C(O)C3O[C@H]3OC(CO)[C@@H](O)C(O)C3O[C@H]3OC(CO)[C@@H](O)C(O)C3O)C2O)CC1. The number of azide groups is 1. The predicted molar refractivity (Wildman–Crippen MR) is 168 cm³/mol. The van der Waals surface area contributed by atoms with E-state index in [1.165, 1.54) is 0 Å². The van der Waals surface area contributed by atoms with Crippen LogP contribution in [0.25, 0.3) is 10.4 Å². The zero-order valence-electron chi connectivity index (χ0n) is 28.8. The molecular formula is C30H51N3O21. The van der Waals surface area contributed by atoms with Crippen LogP contribution in [0.1, 0.15) is 25.7 Å². The topological polar surface area (TPSA) is 386 Å². The van der Waals surface area contributed by atoms with E-state index in [-0.39, 0.29) is 6.04 Å². The Labute approximate surface area is 307 Å². The van der Waals surface area contributed by atoms with Crippen molar-refractivity contribution in [2.24, 2.45) is 5.11 Å². The van der Waals surface area contributed by atoms with Crippen molar-refractivity contribution in [2.45, 2.75) is 161 Å². The Bertz CT molecular complexity index is 1220. The quantitative estimate of drug-likeness (QED) is 0.0468. The van der Waals surface area contributed by atoms with Crippen molar-refractivity contribution in [3.8, 4) is 0 Å². The summed E-state index contributed by atoms with van der Waals surface area (Å²) in [5.74, 6) is 0. The van der Waals surface area contributed by atoms with Gasteiger partial charge in [0.2, 0.25) is 0 Å². The summed E-state index contributed by atoms with van der Waals surface area (Å²) in [6.45, 7) is -3.41. The van der Waals surface area contributed by atoms with Crippen LogP contribution in [0.2, 0.25) is 0 Å². The van der Waals surface area contributed by atoms with E-state index in [9.17, 15) is 66.4 Å². The number of rotatable bonds is 13. The fourth-order valence-electron chi connectivity index (χ4n) is 7.15. The van der Waals surface area contributed by atoms with Gasteiger partial charge in [0, 0.05) is 11.0 Å². The molecule has 11 unspecified atom stereocenters. The molecule has 4 aliphatic heterocycles. The Morgan fingerprint density at radius 1 is 0.444 bits per heavy atom. The molecule has 1 aliphatic carbocycles. The molecule has 4 heterocycles. The van der Waals surface area contributed by atoms with Gasteiger partial charge in [-0.25, -0.2) is 0 Å². The van der Waals surface area contributed by atoms with E-state index in [1.54, 1.807) is 0 Å². The second kappa shape index (κ2) is 19.3. The second-order valence-electron chi connectivity index (χ2n) is 13.9. The van der Waals surface area contributed by atoms with E-state index >= 15 is 0 Å². The molecule has 20 atom stereocenters. The lowest BCUT2D eigenvalue weighted by atomic mass is 9.93. The third-order valence-electron chi connectivity index (χ3n) is 10.4. The Morgan fingerprint density at radius 2 is 0.833 bits per heavy atom. The maximum atomic E-state index is 11.4. The first-order chi connectivity index (χ1) is 25.8. The minimum absolute atomic E-state index is 0.246. The van der Waals surface area contributed by atoms with Crippen LogP contribution in [0.4, 0.5) is 0 Å². The smallest absolute Gasteiger partial charge is 0.187 e. The Morgan fingerprint density at radius 3 is 1.30 bits per heavy atom. The molecule has 0 spiro atoms. The molecule has 13 N–H and O–H groups in total. The van der Waals surface area contributed by atoms with Crippen molar-refractivity contribution in [2.75, 3.05) is 26.4 Å². The van der Waals surface area contributed by atoms with E-state index in [1.807, 2.05) is 0 Å². The van der Waals surface area contributed by atoms with E-state index in [4.69, 9.17) is 43.4 Å². The standard InChI is InChI=1S/C30H51N3O21/c31-33-32-9-1-3-10(4-2-9)47-28-23(46)24(18(41)14(8-37)49-28)52-29-26(21(44)17(40)12(6-35)50-29)54-30-25(20(43)16(39)13(7-36)51-30)53-27-22(45)19(42)15(38)11(5-34)48-27/h9-30,34-46H,1-8H2/t9?,10?,11?,12?,13?,14?,15-,16-,17-,18-,19?,20?,21?,22?,23?,24+,25?,26?,27-,28-,29-,30-/m1/s1. The van der Waals surface area contributed by atoms with Gasteiger partial charge < -0.3 is 104 Å². The van der Waals surface area contributed by atoms with Crippen molar-refractivity contribution < 1.29 is 104 Å². The fraction of sp³-hybridized carbons (Fsp3) is 1.00. The Balaban J connectivity index is 1.39. The minimum atomic E-state index is -2.03. The van der Waals surface area contributed by atoms with Gasteiger partial charge in [-0.2, -0.15) is 0 Å². The van der Waals surface area contributed by atoms with Gasteiger partial charge in [-0.15, -0.1) is 0 Å². The summed E-state index contributed by atoms with van der Waals surface area (Å²) < 4.78 is 45.8. The first kappa shape index (κ1) is 43.6. The van der Waals surface area contributed by atoms with Crippen LogP contribution in [0.3, 0.4) is 0 Å². The minimum Gasteiger partial charge on any atom is -0.394 e. The van der Waals surface area contributed by atoms with Gasteiger partial charge in [0.05, 0.1) is 32.5 Å². The molecule has 312 valence electrons. The highest BCUT2D eigenvalue weighted by atomic mass is 16.8. The van der Waals surface area contributed by atoms with Crippen molar-refractivity contribution in [3.05, 3.63) is 10.4 Å². The fourth-order valence-corrected chi connectivity index (χ4v) is 7.15. The molecule has 24 heteroatoms. The van der Waals surface area contributed by atoms with E-state index < -0.39 is 155 Å². The molecule has 0 radical (unpaired) electrons. The highest BCUT2D eigenvalue weighted by Crippen LogP contribution is 2.36. The van der Waals surface area contributed by atoms with Crippen molar-refractivity contribution in [3.63, 3.8) is 0 Å². The maximum Gasteiger partial charge on any atom is 0.187 e. The molecule has 0 amide bonds. The molecule has 5 rings (SSSR count). The van der Waals surface area contributed by atoms with Crippen molar-refractivity contribution in [1.29, 1.82) is 0 Å². The molecule has 1 saturated carbocycles. The average molecular weight is 790 g/mol. The Hall–Kier alpha value is -1.53. The summed E-state index contributed by atoms with van der Waals surface area (Å²) in [5.41, 5.74) is 8.74. The van der Waals surface area contributed by atoms with Gasteiger partial charge in [0.25, 0.3) is 0 Å². The molecule has 0 aromatic carbocycles. The number of ether oxygens (including phenoxy) is 8. The molecule has 5 aliphatic rings. The van der Waals surface area contributed by atoms with Crippen LogP contribution in [0.5, 0.6) is 0 Å². The molecular weight excluding hydrogens is 738 g/mol. The summed E-state index contributed by atoms with van der Waals surface area (Å²) in [7, 11) is 0. The maximum absolute atomic E-state index is 11.4. The summed E-state index contributed by atoms with van der Waals surface area (Å²) >= 11 is 0. The number of hydrogen-bond acceptors (Lipinski definition) is 22. The molecule has 54 heavy (non-hydrogen) atoms. The van der Waals surface area contributed by atoms with Crippen LogP contribution in [0.15, 0.2) is 5.11 Å². The van der Waals surface area contributed by atoms with E-state index in [0.29, 0.717) is 25.7 Å². The molecule has 4 saturated heterocycles. The summed E-state index contributed by atoms with van der Waals surface area (Å²) in [4.78, 5) is 2.82. The first-order valence-corrected chi connectivity index (χ1v) is 17.6. The molecule has 0 aromatic rings. The van der Waals surface area contributed by atoms with Gasteiger partial charge in [-0.1, -0.05) is 5.11 Å². The van der Waals surface area contributed by atoms with Crippen LogP contribution < -0.4 is 0 Å². The lowest BCUT2D eigenvalue weighted by Gasteiger charge is -2.50. The normalized spacial score (nSPS) is 50.3. The highest BCUT2D eigenvalue weighted by Gasteiger charge is 2.56. The van der Waals surface area contributed by atoms with Crippen LogP contribution in [-0.2, 0) is 37.9 Å². The lowest BCUT2D eigenvalue weighted by Crippen LogP contribution is -2.68. The molecule has 0 aromatic heterocycles. The lowest BCUT2D eigenvalue weighted by molar-refractivity contribution is -0.404. The summed E-state index contributed by atoms with van der Waals surface area (Å²) in [6.07, 6.45) is -34.7. The zero-order chi connectivity index (χ0) is 39.4. The van der Waals surface area contributed by atoms with Crippen LogP contribution in [0, 0.1) is 0 Å². The Kier molecular flexibility index (Phi) is 15.6. The van der Waals surface area contributed by atoms with Crippen molar-refractivity contribution >= 4 is 0 Å². The molecule has 24 nitrogen and oxygen atoms in total. The summed E-state index contributed by atoms with van der Waals surface area (Å²) in [5, 5.41) is 140. The first-order valence-electron chi connectivity index (χ1n) is 17.6. The van der Waals surface area contributed by atoms with Crippen molar-refractivity contribution in [1.82, 2.24) is 0 Å². The second-order valence-corrected chi connectivity index (χ2v) is 13.9.